The molecule has 0 amide bonds. The molecule has 0 unspecified atom stereocenters. The quantitative estimate of drug-likeness (QED) is 0.515. The molecule has 0 aliphatic carbocycles. The van der Waals surface area contributed by atoms with Gasteiger partial charge in [0.15, 0.2) is 0 Å². The molecule has 2 nitrogen and oxygen atoms in total. The van der Waals surface area contributed by atoms with Crippen LogP contribution in [0.15, 0.2) is 23.1 Å². The van der Waals surface area contributed by atoms with Gasteiger partial charge < -0.3 is 0 Å². The van der Waals surface area contributed by atoms with Crippen molar-refractivity contribution in [3.05, 3.63) is 29.6 Å². The standard InChI is InChI=1S/C8H5F6NOS/c9-7-3-5(17(10,11,12,13)14)1-2-6(7)8(16)4-15/h1-4,15H/p+1. The van der Waals surface area contributed by atoms with Crippen molar-refractivity contribution in [2.75, 3.05) is 0 Å². The average Bonchev–Trinajstić information content (AvgIpc) is 2.13. The van der Waals surface area contributed by atoms with E-state index in [9.17, 15) is 28.6 Å². The first-order valence-corrected chi connectivity index (χ1v) is 5.93. The van der Waals surface area contributed by atoms with Gasteiger partial charge in [0.2, 0.25) is 6.21 Å². The number of halogens is 6. The van der Waals surface area contributed by atoms with Crippen LogP contribution in [0.4, 0.5) is 23.8 Å². The summed E-state index contributed by atoms with van der Waals surface area (Å²) in [5.41, 5.74) is -0.807. The van der Waals surface area contributed by atoms with E-state index < -0.39 is 38.3 Å². The molecule has 0 spiro atoms. The smallest absolute Gasteiger partial charge is 0.282 e. The zero-order chi connectivity index (χ0) is 13.5. The Labute approximate surface area is 91.5 Å². The Morgan fingerprint density at radius 3 is 2.06 bits per heavy atom. The molecule has 0 saturated carbocycles. The highest BCUT2D eigenvalue weighted by Gasteiger charge is 2.65. The van der Waals surface area contributed by atoms with Crippen LogP contribution in [0.25, 0.3) is 0 Å². The largest absolute Gasteiger partial charge is 0.310 e. The molecular weight excluding hydrogens is 272 g/mol. The third-order valence-electron chi connectivity index (χ3n) is 1.80. The Kier molecular flexibility index (Phi) is 2.42. The summed E-state index contributed by atoms with van der Waals surface area (Å²) in [5.74, 6) is -2.81. The van der Waals surface area contributed by atoms with Gasteiger partial charge in [0.05, 0.1) is 5.56 Å². The SMILES string of the molecule is [NH2+]=CC(=O)c1ccc(S(F)(F)(F)(F)F)cc1F. The number of carbonyl (C=O) groups is 1. The van der Waals surface area contributed by atoms with Crippen LogP contribution in [0.2, 0.25) is 0 Å². The summed E-state index contributed by atoms with van der Waals surface area (Å²) in [6.45, 7) is 0. The number of benzene rings is 1. The van der Waals surface area contributed by atoms with Crippen molar-refractivity contribution in [3.63, 3.8) is 0 Å². The topological polar surface area (TPSA) is 42.7 Å². The van der Waals surface area contributed by atoms with Crippen LogP contribution in [0.3, 0.4) is 0 Å². The molecule has 0 heterocycles. The Morgan fingerprint density at radius 2 is 1.71 bits per heavy atom. The number of Topliss-reactive ketones (excluding diaryl/α,β-unsaturated/α-hetero) is 1. The molecule has 1 aromatic rings. The Balaban J connectivity index is 3.44. The lowest BCUT2D eigenvalue weighted by Gasteiger charge is -2.40. The van der Waals surface area contributed by atoms with Gasteiger partial charge in [-0.15, -0.1) is 0 Å². The fourth-order valence-electron chi connectivity index (χ4n) is 1.03. The van der Waals surface area contributed by atoms with Gasteiger partial charge in [0.1, 0.15) is 10.7 Å². The molecule has 17 heavy (non-hydrogen) atoms. The minimum Gasteiger partial charge on any atom is -0.282 e. The molecule has 0 atom stereocenters. The zero-order valence-electron chi connectivity index (χ0n) is 7.97. The molecular formula is C8H6F6NOS+. The summed E-state index contributed by atoms with van der Waals surface area (Å²) in [5, 5.41) is 4.74. The van der Waals surface area contributed by atoms with Crippen molar-refractivity contribution >= 4 is 22.2 Å². The van der Waals surface area contributed by atoms with Crippen LogP contribution < -0.4 is 5.41 Å². The van der Waals surface area contributed by atoms with Gasteiger partial charge in [0, 0.05) is 0 Å². The van der Waals surface area contributed by atoms with Gasteiger partial charge in [-0.2, -0.15) is 0 Å². The van der Waals surface area contributed by atoms with Gasteiger partial charge in [-0.25, -0.2) is 4.39 Å². The van der Waals surface area contributed by atoms with Crippen LogP contribution in [0.1, 0.15) is 10.4 Å². The van der Waals surface area contributed by atoms with Gasteiger partial charge in [0.25, 0.3) is 5.78 Å². The van der Waals surface area contributed by atoms with Crippen LogP contribution in [-0.2, 0) is 0 Å². The summed E-state index contributed by atoms with van der Waals surface area (Å²) in [7, 11) is -9.93. The number of nitrogens with two attached hydrogens (primary N) is 1. The Bertz CT molecular complexity index is 508. The highest BCUT2D eigenvalue weighted by atomic mass is 32.5. The monoisotopic (exact) mass is 278 g/mol. The van der Waals surface area contributed by atoms with Crippen molar-refractivity contribution in [1.82, 2.24) is 0 Å². The molecule has 0 saturated heterocycles. The molecule has 0 fully saturated rings. The van der Waals surface area contributed by atoms with Crippen molar-refractivity contribution in [2.45, 2.75) is 4.90 Å². The van der Waals surface area contributed by atoms with Gasteiger partial charge in [-0.1, -0.05) is 19.4 Å². The first kappa shape index (κ1) is 13.6. The zero-order valence-corrected chi connectivity index (χ0v) is 8.79. The molecule has 9 heteroatoms. The first-order chi connectivity index (χ1) is 7.35. The second-order valence-electron chi connectivity index (χ2n) is 3.14. The maximum absolute atomic E-state index is 13.0. The van der Waals surface area contributed by atoms with E-state index in [2.05, 4.69) is 0 Å². The molecule has 0 aliphatic heterocycles. The average molecular weight is 278 g/mol. The lowest BCUT2D eigenvalue weighted by atomic mass is 10.1. The normalized spacial score (nSPS) is 15.9. The predicted octanol–water partition coefficient (Wildman–Crippen LogP) is 2.50. The van der Waals surface area contributed by atoms with Crippen molar-refractivity contribution in [1.29, 1.82) is 0 Å². The lowest BCUT2D eigenvalue weighted by Crippen LogP contribution is -2.34. The maximum atomic E-state index is 13.0. The van der Waals surface area contributed by atoms with E-state index in [0.717, 1.165) is 0 Å². The molecule has 1 aromatic carbocycles. The van der Waals surface area contributed by atoms with E-state index in [-0.39, 0.29) is 6.07 Å². The molecule has 0 aliphatic rings. The molecule has 0 radical (unpaired) electrons. The predicted molar refractivity (Wildman–Crippen MR) is 50.1 cm³/mol. The van der Waals surface area contributed by atoms with E-state index in [4.69, 9.17) is 5.41 Å². The van der Waals surface area contributed by atoms with Gasteiger partial charge in [-0.05, 0) is 18.2 Å². The molecule has 2 N–H and O–H groups in total. The molecule has 0 aromatic heterocycles. The number of rotatable bonds is 3. The Hall–Kier alpha value is -1.51. The van der Waals surface area contributed by atoms with Crippen molar-refractivity contribution in [3.8, 4) is 0 Å². The molecule has 0 bridgehead atoms. The second-order valence-corrected chi connectivity index (χ2v) is 5.55. The number of hydrogen-bond donors (Lipinski definition) is 1. The van der Waals surface area contributed by atoms with E-state index in [1.54, 1.807) is 0 Å². The highest BCUT2D eigenvalue weighted by molar-refractivity contribution is 8.45. The van der Waals surface area contributed by atoms with Crippen LogP contribution >= 0.6 is 10.2 Å². The summed E-state index contributed by atoms with van der Waals surface area (Å²) in [6.07, 6.45) is 0.415. The second kappa shape index (κ2) is 3.03. The van der Waals surface area contributed by atoms with Gasteiger partial charge >= 0.3 is 10.2 Å². The number of hydrogen-bond acceptors (Lipinski definition) is 1. The van der Waals surface area contributed by atoms with Gasteiger partial charge in [-0.3, -0.25) is 10.2 Å². The van der Waals surface area contributed by atoms with E-state index >= 15 is 0 Å². The fourth-order valence-corrected chi connectivity index (χ4v) is 1.68. The fraction of sp³-hybridized carbons (Fsp3) is 0. The van der Waals surface area contributed by atoms with Crippen LogP contribution in [0, 0.1) is 5.82 Å². The van der Waals surface area contributed by atoms with E-state index in [1.165, 1.54) is 0 Å². The van der Waals surface area contributed by atoms with Crippen molar-refractivity contribution < 1.29 is 34.0 Å². The first-order valence-electron chi connectivity index (χ1n) is 3.98. The van der Waals surface area contributed by atoms with Crippen LogP contribution in [0.5, 0.6) is 0 Å². The van der Waals surface area contributed by atoms with E-state index in [0.29, 0.717) is 12.3 Å². The summed E-state index contributed by atoms with van der Waals surface area (Å²) >= 11 is 0. The van der Waals surface area contributed by atoms with E-state index in [1.807, 2.05) is 0 Å². The third-order valence-corrected chi connectivity index (χ3v) is 2.95. The summed E-state index contributed by atoms with van der Waals surface area (Å²) < 4.78 is 74.3. The summed E-state index contributed by atoms with van der Waals surface area (Å²) in [4.78, 5) is 8.48. The minimum atomic E-state index is -9.93. The minimum absolute atomic E-state index is 0.0542. The number of ketones is 1. The number of carbonyl (C=O) groups excluding carboxylic acids is 1. The highest BCUT2D eigenvalue weighted by Crippen LogP contribution is 3.02. The Morgan fingerprint density at radius 1 is 1.18 bits per heavy atom. The molecule has 1 rings (SSSR count). The molecule has 96 valence electrons. The maximum Gasteiger partial charge on any atom is 0.310 e. The lowest BCUT2D eigenvalue weighted by molar-refractivity contribution is -0.104. The summed E-state index contributed by atoms with van der Waals surface area (Å²) in [6, 6.07) is -0.159. The van der Waals surface area contributed by atoms with Crippen LogP contribution in [-0.4, -0.2) is 12.0 Å². The van der Waals surface area contributed by atoms with Crippen molar-refractivity contribution in [2.24, 2.45) is 0 Å². The third kappa shape index (κ3) is 2.99.